The van der Waals surface area contributed by atoms with Gasteiger partial charge in [-0.25, -0.2) is 30.2 Å². The fourth-order valence-corrected chi connectivity index (χ4v) is 11.5. The summed E-state index contributed by atoms with van der Waals surface area (Å²) in [6.07, 6.45) is 0. The van der Waals surface area contributed by atoms with Crippen LogP contribution in [0.4, 0.5) is 34.1 Å². The first kappa shape index (κ1) is 95.9. The Labute approximate surface area is 699 Å². The van der Waals surface area contributed by atoms with Gasteiger partial charge in [-0.2, -0.15) is 42.1 Å². The van der Waals surface area contributed by atoms with E-state index in [1.54, 1.807) is 0 Å². The Hall–Kier alpha value is -0.250. The van der Waals surface area contributed by atoms with Crippen LogP contribution in [0.5, 0.6) is 0 Å². The van der Waals surface area contributed by atoms with Crippen molar-refractivity contribution in [2.45, 2.75) is 39.2 Å². The minimum absolute atomic E-state index is 0. The summed E-state index contributed by atoms with van der Waals surface area (Å²) in [4.78, 5) is 6.60. The van der Waals surface area contributed by atoms with Gasteiger partial charge in [0.2, 0.25) is 0 Å². The average molecular weight is 1510 g/mol. The van der Waals surface area contributed by atoms with Crippen LogP contribution in [0.15, 0.2) is 173 Å². The number of aliphatic imine (C=N–C) groups is 5. The van der Waals surface area contributed by atoms with E-state index >= 15 is 0 Å². The number of rotatable bonds is 18. The van der Waals surface area contributed by atoms with Crippen molar-refractivity contribution in [1.29, 1.82) is 0 Å². The van der Waals surface area contributed by atoms with Crippen LogP contribution in [0.1, 0.15) is 22.3 Å². The van der Waals surface area contributed by atoms with E-state index in [0.29, 0.717) is 84.9 Å². The van der Waals surface area contributed by atoms with Crippen molar-refractivity contribution in [2.24, 2.45) is 25.0 Å². The monoisotopic (exact) mass is 1500 g/mol. The van der Waals surface area contributed by atoms with Crippen molar-refractivity contribution in [1.82, 2.24) is 0 Å². The Bertz CT molecular complexity index is 4660. The van der Waals surface area contributed by atoms with E-state index in [-0.39, 0.29) is 261 Å². The molecule has 0 aliphatic heterocycles. The average Bonchev–Trinajstić information content (AvgIpc) is 2.70. The second-order valence-corrected chi connectivity index (χ2v) is 27.2. The molecule has 0 amide bonds. The Balaban J connectivity index is -0.00000990. The van der Waals surface area contributed by atoms with Gasteiger partial charge in [-0.05, 0) is 155 Å². The van der Waals surface area contributed by atoms with E-state index in [1.165, 1.54) is 0 Å². The molecule has 0 unspecified atom stereocenters. The maximum absolute atomic E-state index is 13.8. The number of hydrogen-bond acceptors (Lipinski definition) is 29. The third kappa shape index (κ3) is 26.4. The minimum atomic E-state index is -5.56. The maximum Gasteiger partial charge on any atom is 1.00 e. The molecule has 0 aromatic heterocycles. The summed E-state index contributed by atoms with van der Waals surface area (Å²) < 4.78 is 275. The third-order valence-electron chi connectivity index (χ3n) is 10.2. The normalized spacial score (nSPS) is 12.9. The van der Waals surface area contributed by atoms with Crippen LogP contribution >= 0.6 is 0 Å². The van der Waals surface area contributed by atoms with Crippen LogP contribution in [0, 0.1) is 0 Å². The van der Waals surface area contributed by atoms with E-state index in [9.17, 15) is 129 Å². The van der Waals surface area contributed by atoms with Gasteiger partial charge in [-0.1, -0.05) is 0 Å². The van der Waals surface area contributed by atoms with E-state index in [1.807, 2.05) is 5.32 Å². The first-order valence-electron chi connectivity index (χ1n) is 20.9. The number of hydrogen-bond donors (Lipinski definition) is 6. The van der Waals surface area contributed by atoms with Crippen LogP contribution in [0.2, 0.25) is 0 Å². The van der Waals surface area contributed by atoms with Gasteiger partial charge in [0, 0.05) is 5.69 Å². The summed E-state index contributed by atoms with van der Waals surface area (Å²) in [6.45, 7) is 0. The van der Waals surface area contributed by atoms with Gasteiger partial charge < -0.3 is 44.5 Å². The Morgan fingerprint density at radius 2 is 0.533 bits per heavy atom. The Morgan fingerprint density at radius 1 is 0.304 bits per heavy atom. The molecule has 6 N–H and O–H groups in total. The maximum atomic E-state index is 13.8. The number of nitrogens with one attached hydrogen (secondary N) is 1. The molecule has 0 atom stereocenters. The topological polar surface area (TPSA) is 633 Å². The number of amidine groups is 1. The first-order chi connectivity index (χ1) is 38.2. The van der Waals surface area contributed by atoms with Crippen molar-refractivity contribution in [3.63, 3.8) is 0 Å². The zero-order valence-electron chi connectivity index (χ0n) is 47.9. The molecule has 92 heavy (non-hydrogen) atoms. The van der Waals surface area contributed by atoms with E-state index in [0.717, 1.165) is 0 Å². The molecular weight excluding hydrogens is 1480 g/mol. The molecule has 0 saturated carbocycles. The van der Waals surface area contributed by atoms with Crippen LogP contribution in [0.3, 0.4) is 0 Å². The van der Waals surface area contributed by atoms with Gasteiger partial charge in [0.05, 0.1) is 54.0 Å². The molecule has 51 heteroatoms. The second-order valence-electron chi connectivity index (χ2n) is 16.0. The molecule has 0 fully saturated rings. The standard InChI is InChI=1S/C41H32N6O29S8.8Na/c48-37(44-29-5-1-25(77(53,54)55)15-33(29)81(65,66)67)19-9-20(38(49)45-30-6-2-26(78(56,57)58)16-34(30)82(68,69)70)12-23(11-19)42-41(52)43-24-13-21(39(50)46-31-7-3-27(79(59,60)61)17-35(31)83(71,72)73)10-22(14-24)40(51)47-32-8-4-28(80(62,63)64)18-36(32)84(74,75)76;;;;;;;;/h1-18H,(H,44,48)(H,45,49)(H,46,50)(H,47,51)(H2,42,43,52)(H,53,54,55)(H,56,57,58)(H,59,60,61)(H,62,63,64)(H,65,66,67)(H,68,69,70)(H,71,72,73)(H,74,75,76);;;;;;;;/q;8*+1/p-8. The summed E-state index contributed by atoms with van der Waals surface area (Å²) in [5, 5.41) is 70.7. The van der Waals surface area contributed by atoms with Gasteiger partial charge in [0.25, 0.3) is 50.6 Å². The second kappa shape index (κ2) is 36.9. The largest absolute Gasteiger partial charge is 1.00 e. The Kier molecular flexibility index (Phi) is 38.5. The van der Waals surface area contributed by atoms with Crippen LogP contribution in [0.25, 0.3) is 0 Å². The summed E-state index contributed by atoms with van der Waals surface area (Å²) >= 11 is 0. The van der Waals surface area contributed by atoms with Gasteiger partial charge in [0.15, 0.2) is 0 Å². The van der Waals surface area contributed by atoms with Gasteiger partial charge in [-0.3, -0.25) is 42.7 Å². The van der Waals surface area contributed by atoms with Crippen LogP contribution in [-0.2, 0) is 80.9 Å². The van der Waals surface area contributed by atoms with Gasteiger partial charge in [0.1, 0.15) is 49.9 Å². The molecule has 0 radical (unpaired) electrons. The Morgan fingerprint density at radius 3 is 0.761 bits per heavy atom. The van der Waals surface area contributed by atoms with Crippen molar-refractivity contribution in [3.05, 3.63) is 131 Å². The summed E-state index contributed by atoms with van der Waals surface area (Å²) in [6, 6.07) is 5.71. The molecule has 0 bridgehead atoms. The minimum Gasteiger partial charge on any atom is -0.858 e. The summed E-state index contributed by atoms with van der Waals surface area (Å²) in [7, 11) is -43.7. The molecule has 0 saturated heterocycles. The van der Waals surface area contributed by atoms with Gasteiger partial charge >= 0.3 is 236 Å². The fourth-order valence-electron chi connectivity index (χ4n) is 6.63. The molecule has 0 spiro atoms. The molecule has 6 aromatic carbocycles. The van der Waals surface area contributed by atoms with E-state index < -0.39 is 206 Å². The van der Waals surface area contributed by atoms with Crippen LogP contribution < -0.4 is 267 Å². The molecule has 6 rings (SSSR count). The number of benzene rings is 6. The molecule has 0 heterocycles. The van der Waals surface area contributed by atoms with Crippen molar-refractivity contribution in [2.75, 3.05) is 5.32 Å². The van der Waals surface area contributed by atoms with E-state index in [4.69, 9.17) is 0 Å². The predicted molar refractivity (Wildman–Crippen MR) is 267 cm³/mol. The molecule has 35 nitrogen and oxygen atoms in total. The summed E-state index contributed by atoms with van der Waals surface area (Å²) in [5.74, 6) is -6.74. The third-order valence-corrected chi connectivity index (χ3v) is 17.1. The predicted octanol–water partition coefficient (Wildman–Crippen LogP) is -27.1. The van der Waals surface area contributed by atoms with Crippen molar-refractivity contribution >= 4 is 145 Å². The zero-order chi connectivity index (χ0) is 63.2. The molecule has 0 aliphatic carbocycles. The first-order valence-corrected chi connectivity index (χ1v) is 32.3. The molecule has 448 valence electrons. The van der Waals surface area contributed by atoms with Crippen molar-refractivity contribution in [3.8, 4) is 0 Å². The smallest absolute Gasteiger partial charge is 0.858 e. The zero-order valence-corrected chi connectivity index (χ0v) is 70.5. The fraction of sp³-hybridized carbons (Fsp3) is 0. The SMILES string of the molecule is O=S(=O)([O-])c1ccc(N=C([O-])c2cc(N=C([O-])Nc3cc(C([O-])=Nc4ccc(S(=O)(=O)[O-])cc4S(=O)(=O)O)cc(C([O-])=Nc4ccc(S(=O)(=O)O)cc4S(=O)(=O)O)c3)cc(C([O-])=Nc3ccc(S(=O)(=O)[O-])cc3S(=O)(=O)O)c2)c(S(=O)(=O)O)c1.[Na+].[Na+].[Na+].[Na+].[Na+].[Na+].[Na+].[Na+]. The van der Waals surface area contributed by atoms with Crippen molar-refractivity contribution < 1.29 is 366 Å². The number of nitrogens with zero attached hydrogens (tertiary/aromatic N) is 5. The summed E-state index contributed by atoms with van der Waals surface area (Å²) in [5.41, 5.74) is -9.86. The quantitative estimate of drug-likeness (QED) is 0.0201. The molecule has 0 aliphatic rings. The molecule has 6 aromatic rings. The number of anilines is 1. The molecular formula is C41H24N6Na8O29S8. The van der Waals surface area contributed by atoms with Crippen LogP contribution in [-0.4, -0.2) is 133 Å². The van der Waals surface area contributed by atoms with E-state index in [2.05, 4.69) is 25.0 Å². The van der Waals surface area contributed by atoms with Gasteiger partial charge in [-0.15, -0.1) is 0 Å².